The largest absolute Gasteiger partial charge is 0.466 e. The second-order valence-electron chi connectivity index (χ2n) is 12.5. The summed E-state index contributed by atoms with van der Waals surface area (Å²) in [5, 5.41) is 0. The van der Waals surface area contributed by atoms with Crippen LogP contribution in [0.2, 0.25) is 0 Å². The molecular formula is C29H50O3. The normalized spacial score (nSPS) is 38.5. The van der Waals surface area contributed by atoms with Crippen LogP contribution in [0.5, 0.6) is 0 Å². The van der Waals surface area contributed by atoms with Gasteiger partial charge in [0.25, 0.3) is 0 Å². The van der Waals surface area contributed by atoms with Gasteiger partial charge in [0.05, 0.1) is 6.61 Å². The van der Waals surface area contributed by atoms with E-state index in [1.165, 1.54) is 38.5 Å². The van der Waals surface area contributed by atoms with E-state index >= 15 is 0 Å². The van der Waals surface area contributed by atoms with Gasteiger partial charge in [-0.15, -0.1) is 0 Å². The first-order valence-electron chi connectivity index (χ1n) is 13.8. The van der Waals surface area contributed by atoms with Crippen LogP contribution in [0.25, 0.3) is 0 Å². The number of hydrogen-bond acceptors (Lipinski definition) is 3. The summed E-state index contributed by atoms with van der Waals surface area (Å²) in [6, 6.07) is 0. The van der Waals surface area contributed by atoms with E-state index in [2.05, 4.69) is 34.6 Å². The number of ether oxygens (including phenoxy) is 1. The maximum atomic E-state index is 13.2. The minimum atomic E-state index is -0.238. The van der Waals surface area contributed by atoms with Crippen LogP contribution in [0, 0.1) is 46.3 Å². The van der Waals surface area contributed by atoms with E-state index in [1.54, 1.807) is 0 Å². The molecule has 0 aromatic heterocycles. The summed E-state index contributed by atoms with van der Waals surface area (Å²) < 4.78 is 5.45. The molecule has 3 aliphatic carbocycles. The maximum absolute atomic E-state index is 13.2. The lowest BCUT2D eigenvalue weighted by molar-refractivity contribution is -0.153. The smallest absolute Gasteiger partial charge is 0.306 e. The molecule has 0 heterocycles. The number of rotatable bonds is 9. The Labute approximate surface area is 197 Å². The van der Waals surface area contributed by atoms with Crippen LogP contribution in [-0.2, 0) is 14.3 Å². The highest BCUT2D eigenvalue weighted by molar-refractivity contribution is 5.85. The second-order valence-corrected chi connectivity index (χ2v) is 12.5. The Balaban J connectivity index is 1.82. The van der Waals surface area contributed by atoms with Gasteiger partial charge in [0.2, 0.25) is 0 Å². The SMILES string of the molecule is CCOC(=O)C[C@H]1[C@@H]2CC[C@H]([C@H](C)CCCC(C)C)[C@@]2(C)CC[C@@H]1[C@@]1(C)CCCCC1=O. The third kappa shape index (κ3) is 5.12. The molecule has 0 N–H and O–H groups in total. The standard InChI is InChI=1S/C29H50O3/c1-7-32-27(31)19-22-24-15-14-23(21(4)12-10-11-20(2)3)28(24,5)18-16-25(22)29(6)17-9-8-13-26(29)30/h20-25H,7-19H2,1-6H3/t21-,22+,23-,24+,25+,28-,29-/m1/s1. The van der Waals surface area contributed by atoms with Crippen molar-refractivity contribution in [1.29, 1.82) is 0 Å². The fourth-order valence-electron chi connectivity index (χ4n) is 8.40. The van der Waals surface area contributed by atoms with Crippen molar-refractivity contribution >= 4 is 11.8 Å². The van der Waals surface area contributed by atoms with Crippen LogP contribution in [-0.4, -0.2) is 18.4 Å². The molecule has 3 nitrogen and oxygen atoms in total. The topological polar surface area (TPSA) is 43.4 Å². The molecule has 0 bridgehead atoms. The molecule has 3 aliphatic rings. The molecule has 184 valence electrons. The third-order valence-corrected chi connectivity index (χ3v) is 10.2. The zero-order valence-electron chi connectivity index (χ0n) is 21.9. The van der Waals surface area contributed by atoms with Gasteiger partial charge < -0.3 is 4.74 Å². The van der Waals surface area contributed by atoms with E-state index in [0.29, 0.717) is 42.0 Å². The Morgan fingerprint density at radius 2 is 1.78 bits per heavy atom. The molecule has 0 aliphatic heterocycles. The van der Waals surface area contributed by atoms with Crippen LogP contribution in [0.3, 0.4) is 0 Å². The van der Waals surface area contributed by atoms with Crippen LogP contribution < -0.4 is 0 Å². The number of Topliss-reactive ketones (excluding diaryl/α,β-unsaturated/α-hetero) is 1. The predicted octanol–water partition coefficient (Wildman–Crippen LogP) is 7.61. The summed E-state index contributed by atoms with van der Waals surface area (Å²) >= 11 is 0. The van der Waals surface area contributed by atoms with Gasteiger partial charge in [0.15, 0.2) is 0 Å². The minimum Gasteiger partial charge on any atom is -0.466 e. The summed E-state index contributed by atoms with van der Waals surface area (Å²) in [5.74, 6) is 3.88. The maximum Gasteiger partial charge on any atom is 0.306 e. The van der Waals surface area contributed by atoms with Gasteiger partial charge in [-0.3, -0.25) is 9.59 Å². The Morgan fingerprint density at radius 3 is 2.44 bits per heavy atom. The number of hydrogen-bond donors (Lipinski definition) is 0. The fourth-order valence-corrected chi connectivity index (χ4v) is 8.40. The fraction of sp³-hybridized carbons (Fsp3) is 0.931. The van der Waals surface area contributed by atoms with Crippen molar-refractivity contribution in [3.05, 3.63) is 0 Å². The summed E-state index contributed by atoms with van der Waals surface area (Å²) in [5.41, 5.74) is 0.0662. The van der Waals surface area contributed by atoms with Gasteiger partial charge in [-0.25, -0.2) is 0 Å². The molecular weight excluding hydrogens is 396 g/mol. The molecule has 3 heteroatoms. The molecule has 0 aromatic rings. The van der Waals surface area contributed by atoms with Crippen LogP contribution in [0.1, 0.15) is 119 Å². The van der Waals surface area contributed by atoms with Crippen LogP contribution in [0.4, 0.5) is 0 Å². The summed E-state index contributed by atoms with van der Waals surface area (Å²) in [6.07, 6.45) is 13.3. The Kier molecular flexibility index (Phi) is 8.53. The van der Waals surface area contributed by atoms with Crippen molar-refractivity contribution in [3.63, 3.8) is 0 Å². The van der Waals surface area contributed by atoms with Crippen molar-refractivity contribution in [1.82, 2.24) is 0 Å². The first-order valence-corrected chi connectivity index (χ1v) is 13.8. The number of carbonyl (C=O) groups is 2. The van der Waals surface area contributed by atoms with Gasteiger partial charge in [-0.2, -0.15) is 0 Å². The third-order valence-electron chi connectivity index (χ3n) is 10.2. The van der Waals surface area contributed by atoms with E-state index < -0.39 is 0 Å². The van der Waals surface area contributed by atoms with Gasteiger partial charge >= 0.3 is 5.97 Å². The molecule has 0 amide bonds. The quantitative estimate of drug-likeness (QED) is 0.342. The molecule has 0 saturated heterocycles. The molecule has 0 spiro atoms. The molecule has 7 atom stereocenters. The average Bonchev–Trinajstić information content (AvgIpc) is 3.08. The number of esters is 1. The lowest BCUT2D eigenvalue weighted by Crippen LogP contribution is -2.51. The molecule has 0 radical (unpaired) electrons. The summed E-state index contributed by atoms with van der Waals surface area (Å²) in [4.78, 5) is 25.9. The monoisotopic (exact) mass is 446 g/mol. The summed E-state index contributed by atoms with van der Waals surface area (Å²) in [7, 11) is 0. The first-order chi connectivity index (χ1) is 15.1. The molecule has 0 unspecified atom stereocenters. The van der Waals surface area contributed by atoms with Gasteiger partial charge in [-0.05, 0) is 86.4 Å². The van der Waals surface area contributed by atoms with E-state index in [-0.39, 0.29) is 11.4 Å². The highest BCUT2D eigenvalue weighted by atomic mass is 16.5. The molecule has 3 saturated carbocycles. The second kappa shape index (κ2) is 10.6. The van der Waals surface area contributed by atoms with Crippen LogP contribution >= 0.6 is 0 Å². The zero-order valence-corrected chi connectivity index (χ0v) is 21.9. The lowest BCUT2D eigenvalue weighted by atomic mass is 9.49. The van der Waals surface area contributed by atoms with Crippen LogP contribution in [0.15, 0.2) is 0 Å². The zero-order chi connectivity index (χ0) is 23.5. The van der Waals surface area contributed by atoms with Gasteiger partial charge in [-0.1, -0.05) is 60.3 Å². The van der Waals surface area contributed by atoms with E-state index in [4.69, 9.17) is 4.74 Å². The van der Waals surface area contributed by atoms with Crippen molar-refractivity contribution in [2.24, 2.45) is 46.3 Å². The van der Waals surface area contributed by atoms with Gasteiger partial charge in [0, 0.05) is 18.3 Å². The number of carbonyl (C=O) groups excluding carboxylic acids is 2. The van der Waals surface area contributed by atoms with E-state index in [0.717, 1.165) is 49.9 Å². The summed E-state index contributed by atoms with van der Waals surface area (Å²) in [6.45, 7) is 14.3. The Hall–Kier alpha value is -0.860. The van der Waals surface area contributed by atoms with Crippen molar-refractivity contribution in [2.75, 3.05) is 6.61 Å². The van der Waals surface area contributed by atoms with Crippen molar-refractivity contribution < 1.29 is 14.3 Å². The highest BCUT2D eigenvalue weighted by Crippen LogP contribution is 2.64. The number of ketones is 1. The van der Waals surface area contributed by atoms with E-state index in [9.17, 15) is 9.59 Å². The molecule has 3 rings (SSSR count). The molecule has 0 aromatic carbocycles. The van der Waals surface area contributed by atoms with E-state index in [1.807, 2.05) is 6.92 Å². The minimum absolute atomic E-state index is 0.0490. The average molecular weight is 447 g/mol. The molecule has 32 heavy (non-hydrogen) atoms. The predicted molar refractivity (Wildman–Crippen MR) is 131 cm³/mol. The lowest BCUT2D eigenvalue weighted by Gasteiger charge is -2.54. The van der Waals surface area contributed by atoms with Crippen molar-refractivity contribution in [2.45, 2.75) is 119 Å². The highest BCUT2D eigenvalue weighted by Gasteiger charge is 2.59. The van der Waals surface area contributed by atoms with Crippen molar-refractivity contribution in [3.8, 4) is 0 Å². The Bertz CT molecular complexity index is 655. The Morgan fingerprint density at radius 1 is 1.03 bits per heavy atom. The van der Waals surface area contributed by atoms with Gasteiger partial charge in [0.1, 0.15) is 5.78 Å². The number of fused-ring (bicyclic) bond motifs is 1. The molecule has 3 fully saturated rings. The first kappa shape index (κ1) is 25.8.